The van der Waals surface area contributed by atoms with Gasteiger partial charge in [-0.25, -0.2) is 4.39 Å². The van der Waals surface area contributed by atoms with Gasteiger partial charge in [0.1, 0.15) is 5.82 Å². The Morgan fingerprint density at radius 3 is 2.82 bits per heavy atom. The Hall–Kier alpha value is -2.26. The molecule has 2 aromatic heterocycles. The zero-order chi connectivity index (χ0) is 18.9. The van der Waals surface area contributed by atoms with E-state index >= 15 is 0 Å². The molecule has 0 aliphatic heterocycles. The van der Waals surface area contributed by atoms with Gasteiger partial charge in [-0.1, -0.05) is 37.1 Å². The lowest BCUT2D eigenvalue weighted by atomic mass is 9.66. The summed E-state index contributed by atoms with van der Waals surface area (Å²) >= 11 is 1.92. The van der Waals surface area contributed by atoms with Crippen LogP contribution in [-0.2, 0) is 6.42 Å². The molecule has 3 aromatic rings. The predicted molar refractivity (Wildman–Crippen MR) is 115 cm³/mol. The molecule has 0 N–H and O–H groups in total. The Balaban J connectivity index is 1.39. The fourth-order valence-corrected chi connectivity index (χ4v) is 6.12. The van der Waals surface area contributed by atoms with Gasteiger partial charge in [-0.3, -0.25) is 4.98 Å². The zero-order valence-corrected chi connectivity index (χ0v) is 16.7. The average molecular weight is 390 g/mol. The van der Waals surface area contributed by atoms with E-state index in [2.05, 4.69) is 28.6 Å². The molecular formula is C25H24FNS. The van der Waals surface area contributed by atoms with Gasteiger partial charge in [0.2, 0.25) is 0 Å². The number of allylic oxidation sites excluding steroid dienone is 1. The molecule has 0 spiro atoms. The minimum absolute atomic E-state index is 0.215. The Morgan fingerprint density at radius 2 is 1.96 bits per heavy atom. The predicted octanol–water partition coefficient (Wildman–Crippen LogP) is 7.11. The maximum atomic E-state index is 13.5. The molecule has 5 rings (SSSR count). The average Bonchev–Trinajstić information content (AvgIpc) is 3.20. The fraction of sp³-hybridized carbons (Fsp3) is 0.320. The quantitative estimate of drug-likeness (QED) is 0.465. The SMILES string of the molecule is Fc1cccc(-c2ccc(/C=C/C3c4sccc4CC4CCCCC43)nc2)c1. The van der Waals surface area contributed by atoms with Crippen LogP contribution in [0.25, 0.3) is 17.2 Å². The second-order valence-corrected chi connectivity index (χ2v) is 9.04. The smallest absolute Gasteiger partial charge is 0.123 e. The van der Waals surface area contributed by atoms with Crippen LogP contribution in [0.5, 0.6) is 0 Å². The summed E-state index contributed by atoms with van der Waals surface area (Å²) in [4.78, 5) is 6.18. The largest absolute Gasteiger partial charge is 0.256 e. The molecule has 3 heteroatoms. The minimum atomic E-state index is -0.215. The number of thiophene rings is 1. The number of benzene rings is 1. The third kappa shape index (κ3) is 3.44. The van der Waals surface area contributed by atoms with Crippen molar-refractivity contribution in [2.24, 2.45) is 11.8 Å². The van der Waals surface area contributed by atoms with Crippen LogP contribution in [0.4, 0.5) is 4.39 Å². The van der Waals surface area contributed by atoms with E-state index in [1.807, 2.05) is 35.7 Å². The van der Waals surface area contributed by atoms with E-state index in [9.17, 15) is 4.39 Å². The van der Waals surface area contributed by atoms with E-state index in [1.54, 1.807) is 22.6 Å². The Bertz CT molecular complexity index is 988. The van der Waals surface area contributed by atoms with E-state index in [0.29, 0.717) is 5.92 Å². The van der Waals surface area contributed by atoms with Gasteiger partial charge in [-0.15, -0.1) is 11.3 Å². The van der Waals surface area contributed by atoms with Crippen molar-refractivity contribution >= 4 is 17.4 Å². The Morgan fingerprint density at radius 1 is 1.04 bits per heavy atom. The maximum Gasteiger partial charge on any atom is 0.123 e. The highest BCUT2D eigenvalue weighted by Crippen LogP contribution is 2.49. The monoisotopic (exact) mass is 389 g/mol. The van der Waals surface area contributed by atoms with Crippen molar-refractivity contribution in [3.8, 4) is 11.1 Å². The van der Waals surface area contributed by atoms with Crippen molar-refractivity contribution < 1.29 is 4.39 Å². The van der Waals surface area contributed by atoms with E-state index < -0.39 is 0 Å². The highest BCUT2D eigenvalue weighted by Gasteiger charge is 2.37. The first-order valence-electron chi connectivity index (χ1n) is 10.2. The number of aromatic nitrogens is 1. The molecule has 0 radical (unpaired) electrons. The summed E-state index contributed by atoms with van der Waals surface area (Å²) < 4.78 is 13.5. The molecule has 1 nitrogen and oxygen atoms in total. The lowest BCUT2D eigenvalue weighted by Crippen LogP contribution is -2.30. The second kappa shape index (κ2) is 7.63. The molecule has 1 saturated carbocycles. The molecule has 0 amide bonds. The summed E-state index contributed by atoms with van der Waals surface area (Å²) in [5.41, 5.74) is 4.35. The van der Waals surface area contributed by atoms with Crippen molar-refractivity contribution in [1.29, 1.82) is 0 Å². The van der Waals surface area contributed by atoms with E-state index in [4.69, 9.17) is 0 Å². The van der Waals surface area contributed by atoms with Crippen molar-refractivity contribution in [2.75, 3.05) is 0 Å². The summed E-state index contributed by atoms with van der Waals surface area (Å²) in [6.45, 7) is 0. The van der Waals surface area contributed by atoms with Crippen molar-refractivity contribution in [2.45, 2.75) is 38.0 Å². The van der Waals surface area contributed by atoms with Gasteiger partial charge in [0.15, 0.2) is 0 Å². The van der Waals surface area contributed by atoms with Crippen LogP contribution in [0.3, 0.4) is 0 Å². The molecule has 3 atom stereocenters. The van der Waals surface area contributed by atoms with Crippen LogP contribution in [0, 0.1) is 17.7 Å². The Labute approximate surface area is 170 Å². The number of pyridine rings is 1. The topological polar surface area (TPSA) is 12.9 Å². The van der Waals surface area contributed by atoms with E-state index in [-0.39, 0.29) is 5.82 Å². The minimum Gasteiger partial charge on any atom is -0.256 e. The van der Waals surface area contributed by atoms with E-state index in [1.165, 1.54) is 38.2 Å². The van der Waals surface area contributed by atoms with Gasteiger partial charge in [-0.05, 0) is 77.9 Å². The van der Waals surface area contributed by atoms with Crippen LogP contribution in [0.1, 0.15) is 47.7 Å². The molecular weight excluding hydrogens is 365 g/mol. The maximum absolute atomic E-state index is 13.5. The first-order chi connectivity index (χ1) is 13.8. The van der Waals surface area contributed by atoms with Crippen LogP contribution in [0.2, 0.25) is 0 Å². The number of nitrogens with zero attached hydrogens (tertiary/aromatic N) is 1. The van der Waals surface area contributed by atoms with Crippen molar-refractivity contribution in [1.82, 2.24) is 4.98 Å². The van der Waals surface area contributed by atoms with Gasteiger partial charge in [0.25, 0.3) is 0 Å². The highest BCUT2D eigenvalue weighted by molar-refractivity contribution is 7.10. The normalized spacial score (nSPS) is 24.1. The highest BCUT2D eigenvalue weighted by atomic mass is 32.1. The fourth-order valence-electron chi connectivity index (χ4n) is 5.02. The van der Waals surface area contributed by atoms with Gasteiger partial charge in [0.05, 0.1) is 5.69 Å². The number of rotatable bonds is 3. The molecule has 0 bridgehead atoms. The summed E-state index contributed by atoms with van der Waals surface area (Å²) in [5, 5.41) is 2.26. The molecule has 2 aliphatic rings. The van der Waals surface area contributed by atoms with Gasteiger partial charge in [-0.2, -0.15) is 0 Å². The lowest BCUT2D eigenvalue weighted by Gasteiger charge is -2.40. The summed E-state index contributed by atoms with van der Waals surface area (Å²) in [5.74, 6) is 1.93. The molecule has 3 unspecified atom stereocenters. The lowest BCUT2D eigenvalue weighted by molar-refractivity contribution is 0.205. The van der Waals surface area contributed by atoms with Gasteiger partial charge < -0.3 is 0 Å². The number of hydrogen-bond donors (Lipinski definition) is 0. The summed E-state index contributed by atoms with van der Waals surface area (Å²) in [6, 6.07) is 13.1. The van der Waals surface area contributed by atoms with E-state index in [0.717, 1.165) is 28.7 Å². The van der Waals surface area contributed by atoms with Crippen molar-refractivity contribution in [3.05, 3.63) is 82.1 Å². The van der Waals surface area contributed by atoms with Crippen LogP contribution in [0.15, 0.2) is 60.1 Å². The third-order valence-corrected chi connectivity index (χ3v) is 7.47. The molecule has 142 valence electrons. The van der Waals surface area contributed by atoms with Crippen LogP contribution in [-0.4, -0.2) is 4.98 Å². The number of fused-ring (bicyclic) bond motifs is 2. The van der Waals surface area contributed by atoms with Crippen LogP contribution >= 0.6 is 11.3 Å². The molecule has 0 saturated heterocycles. The van der Waals surface area contributed by atoms with Crippen molar-refractivity contribution in [3.63, 3.8) is 0 Å². The molecule has 2 aliphatic carbocycles. The zero-order valence-electron chi connectivity index (χ0n) is 15.9. The van der Waals surface area contributed by atoms with Crippen LogP contribution < -0.4 is 0 Å². The molecule has 1 fully saturated rings. The van der Waals surface area contributed by atoms with Gasteiger partial charge >= 0.3 is 0 Å². The number of hydrogen-bond acceptors (Lipinski definition) is 2. The third-order valence-electron chi connectivity index (χ3n) is 6.41. The first kappa shape index (κ1) is 17.8. The standard InChI is InChI=1S/C25H24FNS/c26-21-6-3-5-17(15-21)20-8-9-22(27-16-20)10-11-24-23-7-2-1-4-18(23)14-19-12-13-28-25(19)24/h3,5-6,8-13,15-16,18,23-24H,1-2,4,7,14H2/b11-10+. The second-order valence-electron chi connectivity index (χ2n) is 8.09. The summed E-state index contributed by atoms with van der Waals surface area (Å²) in [7, 11) is 0. The summed E-state index contributed by atoms with van der Waals surface area (Å²) in [6.07, 6.45) is 13.2. The first-order valence-corrected chi connectivity index (χ1v) is 11.1. The molecule has 28 heavy (non-hydrogen) atoms. The molecule has 2 heterocycles. The number of halogens is 1. The van der Waals surface area contributed by atoms with Gasteiger partial charge in [0, 0.05) is 22.6 Å². The molecule has 1 aromatic carbocycles. The Kier molecular flexibility index (Phi) is 4.86.